The van der Waals surface area contributed by atoms with E-state index in [4.69, 9.17) is 14.2 Å². The van der Waals surface area contributed by atoms with Gasteiger partial charge in [-0.3, -0.25) is 9.59 Å². The number of hydrogen-bond donors (Lipinski definition) is 1. The zero-order valence-corrected chi connectivity index (χ0v) is 20.6. The number of nitrogens with zero attached hydrogens (tertiary/aromatic N) is 1. The van der Waals surface area contributed by atoms with Crippen molar-refractivity contribution in [2.24, 2.45) is 0 Å². The number of aliphatic hydroxyl groups excluding tert-OH is 1. The van der Waals surface area contributed by atoms with E-state index in [9.17, 15) is 14.7 Å². The summed E-state index contributed by atoms with van der Waals surface area (Å²) in [6, 6.07) is 20.9. The Bertz CT molecular complexity index is 1270. The molecule has 7 heteroatoms. The minimum atomic E-state index is -0.791. The summed E-state index contributed by atoms with van der Waals surface area (Å²) in [7, 11) is 3.08. The normalized spacial score (nSPS) is 16.8. The molecule has 1 aliphatic heterocycles. The fourth-order valence-corrected chi connectivity index (χ4v) is 4.38. The number of ketones is 1. The summed E-state index contributed by atoms with van der Waals surface area (Å²) in [5, 5.41) is 11.3. The molecule has 0 bridgehead atoms. The average molecular weight is 488 g/mol. The topological polar surface area (TPSA) is 85.3 Å². The first kappa shape index (κ1) is 24.9. The number of amides is 1. The lowest BCUT2D eigenvalue weighted by molar-refractivity contribution is -0.139. The van der Waals surface area contributed by atoms with E-state index < -0.39 is 17.7 Å². The van der Waals surface area contributed by atoms with Crippen LogP contribution in [0.5, 0.6) is 17.2 Å². The van der Waals surface area contributed by atoms with E-state index in [1.807, 2.05) is 37.3 Å². The van der Waals surface area contributed by atoms with E-state index in [1.165, 1.54) is 12.0 Å². The summed E-state index contributed by atoms with van der Waals surface area (Å²) in [6.07, 6.45) is 0.557. The quantitative estimate of drug-likeness (QED) is 0.266. The van der Waals surface area contributed by atoms with Crippen LogP contribution in [-0.4, -0.2) is 49.1 Å². The highest BCUT2D eigenvalue weighted by Crippen LogP contribution is 2.42. The molecule has 1 fully saturated rings. The Morgan fingerprint density at radius 2 is 1.64 bits per heavy atom. The van der Waals surface area contributed by atoms with E-state index in [0.717, 1.165) is 5.56 Å². The molecule has 1 atom stereocenters. The van der Waals surface area contributed by atoms with Gasteiger partial charge in [-0.2, -0.15) is 0 Å². The van der Waals surface area contributed by atoms with E-state index >= 15 is 0 Å². The second kappa shape index (κ2) is 11.0. The molecule has 0 radical (unpaired) electrons. The first-order valence-corrected chi connectivity index (χ1v) is 11.8. The molecule has 4 rings (SSSR count). The van der Waals surface area contributed by atoms with Crippen molar-refractivity contribution in [3.63, 3.8) is 0 Å². The minimum Gasteiger partial charge on any atom is -0.507 e. The van der Waals surface area contributed by atoms with Crippen molar-refractivity contribution in [2.45, 2.75) is 19.4 Å². The summed E-state index contributed by atoms with van der Waals surface area (Å²) >= 11 is 0. The number of ether oxygens (including phenoxy) is 3. The third-order valence-corrected chi connectivity index (χ3v) is 6.19. The number of rotatable bonds is 9. The molecule has 1 heterocycles. The highest BCUT2D eigenvalue weighted by molar-refractivity contribution is 6.46. The Hall–Kier alpha value is -4.26. The Morgan fingerprint density at radius 1 is 0.917 bits per heavy atom. The summed E-state index contributed by atoms with van der Waals surface area (Å²) in [6.45, 7) is 2.64. The van der Waals surface area contributed by atoms with E-state index in [0.29, 0.717) is 47.9 Å². The van der Waals surface area contributed by atoms with Gasteiger partial charge < -0.3 is 24.2 Å². The predicted octanol–water partition coefficient (Wildman–Crippen LogP) is 4.77. The molecule has 36 heavy (non-hydrogen) atoms. The number of likely N-dealkylation sites (tertiary alicyclic amines) is 1. The number of aliphatic hydroxyl groups is 1. The van der Waals surface area contributed by atoms with Crippen molar-refractivity contribution in [1.29, 1.82) is 0 Å². The number of hydrogen-bond acceptors (Lipinski definition) is 6. The fourth-order valence-electron chi connectivity index (χ4n) is 4.38. The molecule has 7 nitrogen and oxygen atoms in total. The molecule has 0 aliphatic carbocycles. The van der Waals surface area contributed by atoms with Crippen LogP contribution in [0.25, 0.3) is 5.76 Å². The SMILES string of the molecule is CCOc1ccc(C2/C(=C(\O)c3ccc(OC)cc3)C(=O)C(=O)N2CCc2ccccc2)cc1OC. The van der Waals surface area contributed by atoms with Crippen molar-refractivity contribution in [1.82, 2.24) is 4.90 Å². The van der Waals surface area contributed by atoms with Crippen LogP contribution in [0.2, 0.25) is 0 Å². The molecule has 1 unspecified atom stereocenters. The second-order valence-corrected chi connectivity index (χ2v) is 8.30. The van der Waals surface area contributed by atoms with Crippen LogP contribution in [0.1, 0.15) is 29.7 Å². The first-order valence-electron chi connectivity index (χ1n) is 11.8. The molecule has 1 N–H and O–H groups in total. The number of carbonyl (C=O) groups excluding carboxylic acids is 2. The molecule has 0 aromatic heterocycles. The molecule has 1 saturated heterocycles. The van der Waals surface area contributed by atoms with Gasteiger partial charge in [0.1, 0.15) is 11.5 Å². The van der Waals surface area contributed by atoms with Crippen LogP contribution in [0.3, 0.4) is 0 Å². The highest BCUT2D eigenvalue weighted by Gasteiger charge is 2.46. The summed E-state index contributed by atoms with van der Waals surface area (Å²) in [5.74, 6) is 0.0272. The van der Waals surface area contributed by atoms with Gasteiger partial charge >= 0.3 is 0 Å². The van der Waals surface area contributed by atoms with Gasteiger partial charge in [0.15, 0.2) is 11.5 Å². The van der Waals surface area contributed by atoms with Gasteiger partial charge in [-0.25, -0.2) is 0 Å². The molecule has 3 aromatic rings. The largest absolute Gasteiger partial charge is 0.507 e. The Balaban J connectivity index is 1.81. The third kappa shape index (κ3) is 4.91. The maximum Gasteiger partial charge on any atom is 0.295 e. The summed E-state index contributed by atoms with van der Waals surface area (Å²) in [5.41, 5.74) is 2.12. The molecule has 186 valence electrons. The number of carbonyl (C=O) groups is 2. The maximum absolute atomic E-state index is 13.3. The molecular formula is C29H29NO6. The Kier molecular flexibility index (Phi) is 7.59. The zero-order valence-electron chi connectivity index (χ0n) is 20.6. The summed E-state index contributed by atoms with van der Waals surface area (Å²) in [4.78, 5) is 28.0. The van der Waals surface area contributed by atoms with Crippen molar-refractivity contribution >= 4 is 17.4 Å². The zero-order chi connectivity index (χ0) is 25.7. The van der Waals surface area contributed by atoms with Crippen LogP contribution in [0.15, 0.2) is 78.4 Å². The standard InChI is InChI=1S/C29H29NO6/c1-4-36-23-15-12-21(18-24(23)35-3)26-25(27(31)20-10-13-22(34-2)14-11-20)28(32)29(33)30(26)17-16-19-8-6-5-7-9-19/h5-15,18,26,31H,4,16-17H2,1-3H3/b27-25+. The molecular weight excluding hydrogens is 458 g/mol. The van der Waals surface area contributed by atoms with Gasteiger partial charge in [0.25, 0.3) is 11.7 Å². The van der Waals surface area contributed by atoms with Crippen molar-refractivity contribution in [3.05, 3.63) is 95.1 Å². The number of methoxy groups -OCH3 is 2. The lowest BCUT2D eigenvalue weighted by atomic mass is 9.94. The average Bonchev–Trinajstić information content (AvgIpc) is 3.17. The van der Waals surface area contributed by atoms with Crippen molar-refractivity contribution in [2.75, 3.05) is 27.4 Å². The van der Waals surface area contributed by atoms with Gasteiger partial charge in [-0.05, 0) is 60.9 Å². The Morgan fingerprint density at radius 3 is 2.28 bits per heavy atom. The molecule has 0 spiro atoms. The molecule has 1 aliphatic rings. The molecule has 0 saturated carbocycles. The van der Waals surface area contributed by atoms with E-state index in [-0.39, 0.29) is 11.3 Å². The fraction of sp³-hybridized carbons (Fsp3) is 0.241. The van der Waals surface area contributed by atoms with Gasteiger partial charge in [0.2, 0.25) is 0 Å². The van der Waals surface area contributed by atoms with Crippen molar-refractivity contribution in [3.8, 4) is 17.2 Å². The highest BCUT2D eigenvalue weighted by atomic mass is 16.5. The van der Waals surface area contributed by atoms with Gasteiger partial charge in [-0.1, -0.05) is 36.4 Å². The van der Waals surface area contributed by atoms with Gasteiger partial charge in [0, 0.05) is 12.1 Å². The van der Waals surface area contributed by atoms with Crippen LogP contribution in [-0.2, 0) is 16.0 Å². The molecule has 3 aromatic carbocycles. The van der Waals surface area contributed by atoms with E-state index in [2.05, 4.69) is 0 Å². The van der Waals surface area contributed by atoms with Crippen LogP contribution < -0.4 is 14.2 Å². The van der Waals surface area contributed by atoms with Crippen molar-refractivity contribution < 1.29 is 28.9 Å². The smallest absolute Gasteiger partial charge is 0.295 e. The monoisotopic (exact) mass is 487 g/mol. The maximum atomic E-state index is 13.3. The summed E-state index contributed by atoms with van der Waals surface area (Å²) < 4.78 is 16.4. The third-order valence-electron chi connectivity index (χ3n) is 6.19. The van der Waals surface area contributed by atoms with Gasteiger partial charge in [0.05, 0.1) is 32.4 Å². The lowest BCUT2D eigenvalue weighted by Crippen LogP contribution is -2.31. The first-order chi connectivity index (χ1) is 17.5. The lowest BCUT2D eigenvalue weighted by Gasteiger charge is -2.26. The van der Waals surface area contributed by atoms with Crippen LogP contribution >= 0.6 is 0 Å². The number of benzene rings is 3. The second-order valence-electron chi connectivity index (χ2n) is 8.30. The van der Waals surface area contributed by atoms with Crippen LogP contribution in [0.4, 0.5) is 0 Å². The van der Waals surface area contributed by atoms with Gasteiger partial charge in [-0.15, -0.1) is 0 Å². The predicted molar refractivity (Wildman–Crippen MR) is 136 cm³/mol. The Labute approximate surface area is 210 Å². The molecule has 1 amide bonds. The van der Waals surface area contributed by atoms with E-state index in [1.54, 1.807) is 49.6 Å². The minimum absolute atomic E-state index is 0.0319. The number of Topliss-reactive ketones (excluding diaryl/α,β-unsaturated/α-hetero) is 1. The van der Waals surface area contributed by atoms with Crippen LogP contribution in [0, 0.1) is 0 Å².